The molecule has 0 spiro atoms. The Balaban J connectivity index is 3.28. The number of hydrogen-bond donors (Lipinski definition) is 0. The van der Waals surface area contributed by atoms with E-state index in [1.165, 1.54) is 51.4 Å². The van der Waals surface area contributed by atoms with Gasteiger partial charge in [0.25, 0.3) is 0 Å². The molecule has 0 aliphatic heterocycles. The summed E-state index contributed by atoms with van der Waals surface area (Å²) in [6.07, 6.45) is 18.4. The number of carbonyl (C=O) groups is 2. The third kappa shape index (κ3) is 20.8. The molecule has 0 unspecified atom stereocenters. The van der Waals surface area contributed by atoms with Crippen molar-refractivity contribution in [3.8, 4) is 0 Å². The third-order valence-electron chi connectivity index (χ3n) is 4.59. The first-order valence-electron chi connectivity index (χ1n) is 11.1. The first-order valence-corrected chi connectivity index (χ1v) is 11.1. The van der Waals surface area contributed by atoms with Crippen LogP contribution in [-0.2, 0) is 19.1 Å². The Morgan fingerprint density at radius 2 is 1.11 bits per heavy atom. The van der Waals surface area contributed by atoms with Crippen molar-refractivity contribution in [1.82, 2.24) is 0 Å². The van der Waals surface area contributed by atoms with Crippen LogP contribution >= 0.6 is 0 Å². The van der Waals surface area contributed by atoms with Crippen molar-refractivity contribution >= 4 is 11.9 Å². The van der Waals surface area contributed by atoms with Crippen molar-refractivity contribution in [3.63, 3.8) is 0 Å². The number of ether oxygens (including phenoxy) is 2. The Morgan fingerprint density at radius 1 is 0.667 bits per heavy atom. The van der Waals surface area contributed by atoms with Crippen molar-refractivity contribution < 1.29 is 19.1 Å². The fourth-order valence-electron chi connectivity index (χ4n) is 2.87. The fourth-order valence-corrected chi connectivity index (χ4v) is 2.87. The van der Waals surface area contributed by atoms with E-state index in [9.17, 15) is 9.59 Å². The minimum absolute atomic E-state index is 0.148. The van der Waals surface area contributed by atoms with Gasteiger partial charge < -0.3 is 9.47 Å². The Kier molecular flexibility index (Phi) is 20.0. The lowest BCUT2D eigenvalue weighted by molar-refractivity contribution is -0.146. The van der Waals surface area contributed by atoms with Crippen molar-refractivity contribution in [2.75, 3.05) is 13.2 Å². The van der Waals surface area contributed by atoms with Crippen molar-refractivity contribution in [2.24, 2.45) is 0 Å². The topological polar surface area (TPSA) is 52.6 Å². The summed E-state index contributed by atoms with van der Waals surface area (Å²) in [5, 5.41) is 0. The molecule has 0 aromatic carbocycles. The molecule has 158 valence electrons. The highest BCUT2D eigenvalue weighted by molar-refractivity contribution is 5.70. The molecule has 0 saturated heterocycles. The molecule has 0 aliphatic carbocycles. The van der Waals surface area contributed by atoms with Crippen LogP contribution in [0.5, 0.6) is 0 Å². The van der Waals surface area contributed by atoms with E-state index in [1.54, 1.807) is 0 Å². The van der Waals surface area contributed by atoms with Crippen LogP contribution < -0.4 is 0 Å². The summed E-state index contributed by atoms with van der Waals surface area (Å²) in [7, 11) is 0. The van der Waals surface area contributed by atoms with E-state index in [0.29, 0.717) is 38.9 Å². The molecule has 0 heterocycles. The van der Waals surface area contributed by atoms with Crippen LogP contribution in [0.4, 0.5) is 0 Å². The third-order valence-corrected chi connectivity index (χ3v) is 4.59. The monoisotopic (exact) mass is 382 g/mol. The second kappa shape index (κ2) is 21.0. The van der Waals surface area contributed by atoms with Gasteiger partial charge in [0, 0.05) is 12.8 Å². The molecule has 0 aliphatic rings. The molecule has 0 rings (SSSR count). The standard InChI is InChI=1S/C23H42O4/c1-3-5-7-8-9-10-11-12-13-17-21-27-23(25)19-15-14-18-22(24)26-20-16-6-4-2/h4H,2-3,5-21H2,1H3. The number of unbranched alkanes of at least 4 members (excludes halogenated alkanes) is 11. The van der Waals surface area contributed by atoms with Gasteiger partial charge in [0.05, 0.1) is 13.2 Å². The van der Waals surface area contributed by atoms with Gasteiger partial charge in [-0.25, -0.2) is 0 Å². The van der Waals surface area contributed by atoms with E-state index in [0.717, 1.165) is 25.7 Å². The summed E-state index contributed by atoms with van der Waals surface area (Å²) in [6.45, 7) is 6.85. The van der Waals surface area contributed by atoms with Crippen LogP contribution in [0, 0.1) is 0 Å². The summed E-state index contributed by atoms with van der Waals surface area (Å²) < 4.78 is 10.3. The predicted octanol–water partition coefficient (Wildman–Crippen LogP) is 6.52. The molecule has 0 bridgehead atoms. The van der Waals surface area contributed by atoms with Gasteiger partial charge in [0.2, 0.25) is 0 Å². The highest BCUT2D eigenvalue weighted by atomic mass is 16.5. The van der Waals surface area contributed by atoms with E-state index >= 15 is 0 Å². The molecule has 0 amide bonds. The minimum atomic E-state index is -0.183. The maximum absolute atomic E-state index is 11.6. The molecule has 27 heavy (non-hydrogen) atoms. The number of esters is 2. The molecular formula is C23H42O4. The van der Waals surface area contributed by atoms with E-state index < -0.39 is 0 Å². The molecule has 4 heteroatoms. The van der Waals surface area contributed by atoms with E-state index in [4.69, 9.17) is 9.47 Å². The Morgan fingerprint density at radius 3 is 1.59 bits per heavy atom. The molecule has 0 radical (unpaired) electrons. The maximum Gasteiger partial charge on any atom is 0.305 e. The van der Waals surface area contributed by atoms with Gasteiger partial charge in [-0.2, -0.15) is 0 Å². The molecule has 0 saturated carbocycles. The Bertz CT molecular complexity index is 365. The molecule has 0 atom stereocenters. The largest absolute Gasteiger partial charge is 0.466 e. The first kappa shape index (κ1) is 25.7. The lowest BCUT2D eigenvalue weighted by Crippen LogP contribution is -2.08. The summed E-state index contributed by atoms with van der Waals surface area (Å²) in [5.74, 6) is -0.330. The second-order valence-electron chi connectivity index (χ2n) is 7.26. The lowest BCUT2D eigenvalue weighted by Gasteiger charge is -2.06. The first-order chi connectivity index (χ1) is 13.2. The summed E-state index contributed by atoms with van der Waals surface area (Å²) in [6, 6.07) is 0. The zero-order valence-electron chi connectivity index (χ0n) is 17.6. The molecule has 0 aromatic heterocycles. The van der Waals surface area contributed by atoms with Crippen molar-refractivity contribution in [1.29, 1.82) is 0 Å². The average molecular weight is 383 g/mol. The van der Waals surface area contributed by atoms with Crippen LogP contribution in [0.25, 0.3) is 0 Å². The quantitative estimate of drug-likeness (QED) is 0.137. The van der Waals surface area contributed by atoms with Crippen LogP contribution in [0.1, 0.15) is 110 Å². The zero-order chi connectivity index (χ0) is 20.0. The number of rotatable bonds is 20. The number of allylic oxidation sites excluding steroid dienone is 1. The average Bonchev–Trinajstić information content (AvgIpc) is 2.66. The SMILES string of the molecule is C=CCCCOC(=O)CCCCC(=O)OCCCCCCCCCCCC. The van der Waals surface area contributed by atoms with Gasteiger partial charge in [0.15, 0.2) is 0 Å². The second-order valence-corrected chi connectivity index (χ2v) is 7.26. The van der Waals surface area contributed by atoms with Gasteiger partial charge in [-0.3, -0.25) is 9.59 Å². The Hall–Kier alpha value is -1.32. The fraction of sp³-hybridized carbons (Fsp3) is 0.826. The maximum atomic E-state index is 11.6. The summed E-state index contributed by atoms with van der Waals surface area (Å²) in [5.41, 5.74) is 0. The molecule has 0 N–H and O–H groups in total. The summed E-state index contributed by atoms with van der Waals surface area (Å²) in [4.78, 5) is 23.1. The molecule has 4 nitrogen and oxygen atoms in total. The van der Waals surface area contributed by atoms with Gasteiger partial charge >= 0.3 is 11.9 Å². The Labute approximate surface area is 167 Å². The number of carbonyl (C=O) groups excluding carboxylic acids is 2. The number of hydrogen-bond acceptors (Lipinski definition) is 4. The zero-order valence-corrected chi connectivity index (χ0v) is 17.6. The van der Waals surface area contributed by atoms with Gasteiger partial charge in [0.1, 0.15) is 0 Å². The predicted molar refractivity (Wildman–Crippen MR) is 112 cm³/mol. The highest BCUT2D eigenvalue weighted by Crippen LogP contribution is 2.11. The lowest BCUT2D eigenvalue weighted by atomic mass is 10.1. The normalized spacial score (nSPS) is 10.6. The summed E-state index contributed by atoms with van der Waals surface area (Å²) >= 11 is 0. The molecule has 0 aromatic rings. The smallest absolute Gasteiger partial charge is 0.305 e. The van der Waals surface area contributed by atoms with Crippen LogP contribution in [0.2, 0.25) is 0 Å². The van der Waals surface area contributed by atoms with Crippen LogP contribution in [0.3, 0.4) is 0 Å². The van der Waals surface area contributed by atoms with Crippen molar-refractivity contribution in [2.45, 2.75) is 110 Å². The highest BCUT2D eigenvalue weighted by Gasteiger charge is 2.06. The molecule has 0 fully saturated rings. The van der Waals surface area contributed by atoms with Gasteiger partial charge in [-0.15, -0.1) is 6.58 Å². The van der Waals surface area contributed by atoms with E-state index in [-0.39, 0.29) is 11.9 Å². The van der Waals surface area contributed by atoms with Gasteiger partial charge in [-0.1, -0.05) is 70.8 Å². The minimum Gasteiger partial charge on any atom is -0.466 e. The van der Waals surface area contributed by atoms with E-state index in [1.807, 2.05) is 6.08 Å². The van der Waals surface area contributed by atoms with Crippen LogP contribution in [-0.4, -0.2) is 25.2 Å². The van der Waals surface area contributed by atoms with Crippen molar-refractivity contribution in [3.05, 3.63) is 12.7 Å². The van der Waals surface area contributed by atoms with E-state index in [2.05, 4.69) is 13.5 Å². The van der Waals surface area contributed by atoms with Gasteiger partial charge in [-0.05, 0) is 32.1 Å². The van der Waals surface area contributed by atoms with Crippen LogP contribution in [0.15, 0.2) is 12.7 Å². The molecular weight excluding hydrogens is 340 g/mol.